The van der Waals surface area contributed by atoms with Crippen molar-refractivity contribution in [2.24, 2.45) is 0 Å². The lowest BCUT2D eigenvalue weighted by Gasteiger charge is -2.15. The first-order valence-electron chi connectivity index (χ1n) is 8.42. The average molecular weight is 445 g/mol. The molecule has 0 saturated heterocycles. The predicted molar refractivity (Wildman–Crippen MR) is 101 cm³/mol. The molecule has 1 aromatic carbocycles. The van der Waals surface area contributed by atoms with Gasteiger partial charge in [0.15, 0.2) is 0 Å². The topological polar surface area (TPSA) is 81.2 Å². The van der Waals surface area contributed by atoms with Gasteiger partial charge < -0.3 is 4.74 Å². The van der Waals surface area contributed by atoms with Gasteiger partial charge in [-0.3, -0.25) is 9.71 Å². The molecule has 0 bridgehead atoms. The lowest BCUT2D eigenvalue weighted by atomic mass is 10.2. The molecule has 0 aliphatic heterocycles. The Balaban J connectivity index is 1.97. The van der Waals surface area contributed by atoms with Gasteiger partial charge in [-0.2, -0.15) is 13.2 Å². The van der Waals surface area contributed by atoms with Crippen LogP contribution < -0.4 is 9.46 Å². The number of hydrogen-bond donors (Lipinski definition) is 1. The number of aryl methyl sites for hydroxylation is 1. The van der Waals surface area contributed by atoms with E-state index in [0.717, 1.165) is 12.1 Å². The van der Waals surface area contributed by atoms with Crippen LogP contribution in [0.2, 0.25) is 5.02 Å². The number of ether oxygens (including phenoxy) is 1. The van der Waals surface area contributed by atoms with Gasteiger partial charge in [0, 0.05) is 12.4 Å². The van der Waals surface area contributed by atoms with Crippen molar-refractivity contribution in [2.45, 2.75) is 18.0 Å². The summed E-state index contributed by atoms with van der Waals surface area (Å²) in [5, 5.41) is -0.618. The van der Waals surface area contributed by atoms with E-state index in [1.54, 1.807) is 6.92 Å². The molecule has 0 unspecified atom stereocenters. The molecule has 0 amide bonds. The molecule has 2 aromatic heterocycles. The van der Waals surface area contributed by atoms with Gasteiger partial charge in [-0.25, -0.2) is 13.4 Å². The molecule has 0 aliphatic carbocycles. The molecule has 0 saturated carbocycles. The standard InChI is InChI=1S/C18H13ClF3N3O3S/c1-11-7-16(17(24-9-11)28-12-3-2-6-23-10-12)25-29(26,27)13-4-5-15(19)14(8-13)18(20,21)22/h2-10,25H,1H3/i6D. The molecule has 152 valence electrons. The summed E-state index contributed by atoms with van der Waals surface area (Å²) in [6.07, 6.45) is -2.15. The second-order valence-corrected chi connectivity index (χ2v) is 7.92. The molecule has 0 spiro atoms. The second-order valence-electron chi connectivity index (χ2n) is 5.84. The van der Waals surface area contributed by atoms with Crippen molar-refractivity contribution in [2.75, 3.05) is 4.72 Å². The Kier molecular flexibility index (Phi) is 5.29. The minimum Gasteiger partial charge on any atom is -0.435 e. The van der Waals surface area contributed by atoms with Crippen LogP contribution >= 0.6 is 11.6 Å². The van der Waals surface area contributed by atoms with Crippen LogP contribution in [-0.4, -0.2) is 18.4 Å². The Morgan fingerprint density at radius 1 is 1.21 bits per heavy atom. The van der Waals surface area contributed by atoms with Crippen LogP contribution in [0, 0.1) is 6.92 Å². The third kappa shape index (κ3) is 4.96. The van der Waals surface area contributed by atoms with E-state index < -0.39 is 31.7 Å². The van der Waals surface area contributed by atoms with Gasteiger partial charge in [0.05, 0.1) is 23.0 Å². The van der Waals surface area contributed by atoms with Crippen molar-refractivity contribution in [3.8, 4) is 11.6 Å². The zero-order chi connectivity index (χ0) is 22.1. The molecule has 6 nitrogen and oxygen atoms in total. The molecule has 11 heteroatoms. The Morgan fingerprint density at radius 3 is 2.62 bits per heavy atom. The van der Waals surface area contributed by atoms with Gasteiger partial charge in [0.25, 0.3) is 10.0 Å². The molecule has 2 heterocycles. The number of nitrogens with zero attached hydrogens (tertiary/aromatic N) is 2. The van der Waals surface area contributed by atoms with Gasteiger partial charge in [-0.05, 0) is 48.9 Å². The molecule has 0 fully saturated rings. The number of sulfonamides is 1. The van der Waals surface area contributed by atoms with E-state index in [9.17, 15) is 21.6 Å². The third-order valence-corrected chi connectivity index (χ3v) is 5.28. The fraction of sp³-hybridized carbons (Fsp3) is 0.111. The highest BCUT2D eigenvalue weighted by Crippen LogP contribution is 2.36. The Hall–Kier alpha value is -2.85. The van der Waals surface area contributed by atoms with Crippen LogP contribution in [0.3, 0.4) is 0 Å². The van der Waals surface area contributed by atoms with E-state index in [1.165, 1.54) is 30.6 Å². The molecule has 3 rings (SSSR count). The number of alkyl halides is 3. The van der Waals surface area contributed by atoms with E-state index >= 15 is 0 Å². The average Bonchev–Trinajstić information content (AvgIpc) is 2.64. The third-order valence-electron chi connectivity index (χ3n) is 3.59. The summed E-state index contributed by atoms with van der Waals surface area (Å²) in [5.74, 6) is 0.0439. The Labute approximate surface area is 170 Å². The van der Waals surface area contributed by atoms with Crippen LogP contribution in [0.4, 0.5) is 18.9 Å². The molecule has 3 aromatic rings. The Morgan fingerprint density at radius 2 is 1.97 bits per heavy atom. The van der Waals surface area contributed by atoms with Gasteiger partial charge in [-0.1, -0.05) is 11.6 Å². The van der Waals surface area contributed by atoms with E-state index in [4.69, 9.17) is 17.7 Å². The summed E-state index contributed by atoms with van der Waals surface area (Å²) in [6, 6.07) is 6.47. The minimum atomic E-state index is -4.82. The first kappa shape index (κ1) is 19.5. The highest BCUT2D eigenvalue weighted by Gasteiger charge is 2.34. The minimum absolute atomic E-state index is 0.00310. The van der Waals surface area contributed by atoms with Crippen LogP contribution in [0.5, 0.6) is 11.6 Å². The lowest BCUT2D eigenvalue weighted by molar-refractivity contribution is -0.137. The molecular weight excluding hydrogens is 431 g/mol. The maximum Gasteiger partial charge on any atom is 0.417 e. The van der Waals surface area contributed by atoms with E-state index in [0.29, 0.717) is 11.6 Å². The van der Waals surface area contributed by atoms with Crippen molar-refractivity contribution < 1.29 is 27.7 Å². The summed E-state index contributed by atoms with van der Waals surface area (Å²) in [4.78, 5) is 7.13. The molecule has 0 radical (unpaired) electrons. The predicted octanol–water partition coefficient (Wildman–Crippen LogP) is 5.05. The highest BCUT2D eigenvalue weighted by molar-refractivity contribution is 7.92. The van der Waals surface area contributed by atoms with Crippen molar-refractivity contribution in [3.05, 3.63) is 71.1 Å². The van der Waals surface area contributed by atoms with Crippen LogP contribution in [0.1, 0.15) is 12.5 Å². The molecule has 1 N–H and O–H groups in total. The normalized spacial score (nSPS) is 12.4. The van der Waals surface area contributed by atoms with Gasteiger partial charge in [-0.15, -0.1) is 0 Å². The van der Waals surface area contributed by atoms with Crippen LogP contribution in [0.25, 0.3) is 0 Å². The van der Waals surface area contributed by atoms with Crippen molar-refractivity contribution in [1.82, 2.24) is 9.97 Å². The number of pyridine rings is 2. The fourth-order valence-electron chi connectivity index (χ4n) is 2.28. The van der Waals surface area contributed by atoms with E-state index in [-0.39, 0.29) is 23.5 Å². The lowest BCUT2D eigenvalue weighted by Crippen LogP contribution is -2.16. The number of benzene rings is 1. The molecule has 0 aliphatic rings. The van der Waals surface area contributed by atoms with Gasteiger partial charge >= 0.3 is 6.18 Å². The largest absolute Gasteiger partial charge is 0.435 e. The van der Waals surface area contributed by atoms with Crippen LogP contribution in [0.15, 0.2) is 59.9 Å². The maximum atomic E-state index is 13.1. The molecule has 29 heavy (non-hydrogen) atoms. The summed E-state index contributed by atoms with van der Waals surface area (Å²) in [6.45, 7) is 1.65. The Bertz CT molecular complexity index is 1190. The number of rotatable bonds is 5. The highest BCUT2D eigenvalue weighted by atomic mass is 35.5. The van der Waals surface area contributed by atoms with E-state index in [2.05, 4.69) is 14.7 Å². The zero-order valence-electron chi connectivity index (χ0n) is 15.7. The summed E-state index contributed by atoms with van der Waals surface area (Å²) >= 11 is 5.55. The summed E-state index contributed by atoms with van der Waals surface area (Å²) in [7, 11) is -4.43. The number of nitrogens with one attached hydrogen (secondary N) is 1. The number of hydrogen-bond acceptors (Lipinski definition) is 5. The van der Waals surface area contributed by atoms with Crippen LogP contribution in [-0.2, 0) is 16.2 Å². The van der Waals surface area contributed by atoms with Crippen molar-refractivity contribution in [3.63, 3.8) is 0 Å². The number of halogens is 4. The number of anilines is 1. The quantitative estimate of drug-likeness (QED) is 0.595. The van der Waals surface area contributed by atoms with Gasteiger partial charge in [0.1, 0.15) is 11.4 Å². The summed E-state index contributed by atoms with van der Waals surface area (Å²) in [5.41, 5.74) is -0.785. The maximum absolute atomic E-state index is 13.1. The second kappa shape index (κ2) is 7.88. The van der Waals surface area contributed by atoms with Crippen molar-refractivity contribution >= 4 is 27.3 Å². The SMILES string of the molecule is [2H]c1ccc(Oc2ncc(C)cc2NS(=O)(=O)c2ccc(Cl)c(C(F)(F)F)c2)cn1. The summed E-state index contributed by atoms with van der Waals surface area (Å²) < 4.78 is 79.7. The number of aromatic nitrogens is 2. The zero-order valence-corrected chi connectivity index (χ0v) is 16.2. The molecule has 0 atom stereocenters. The first-order valence-corrected chi connectivity index (χ1v) is 9.78. The smallest absolute Gasteiger partial charge is 0.417 e. The monoisotopic (exact) mass is 444 g/mol. The van der Waals surface area contributed by atoms with Gasteiger partial charge in [0.2, 0.25) is 5.88 Å². The molecular formula is C18H13ClF3N3O3S. The fourth-order valence-corrected chi connectivity index (χ4v) is 3.58. The van der Waals surface area contributed by atoms with E-state index in [1.807, 2.05) is 0 Å². The first-order chi connectivity index (χ1) is 14.0. The van der Waals surface area contributed by atoms with Crippen molar-refractivity contribution in [1.29, 1.82) is 0 Å².